The minimum Gasteiger partial charge on any atom is -0.434 e. The Hall–Kier alpha value is -2.30. The largest absolute Gasteiger partial charge is 0.513 e. The van der Waals surface area contributed by atoms with Crippen molar-refractivity contribution in [3.8, 4) is 0 Å². The van der Waals surface area contributed by atoms with E-state index in [0.717, 1.165) is 36.0 Å². The van der Waals surface area contributed by atoms with Gasteiger partial charge in [-0.15, -0.1) is 0 Å². The van der Waals surface area contributed by atoms with Crippen LogP contribution in [-0.4, -0.2) is 36.2 Å². The Morgan fingerprint density at radius 2 is 1.85 bits per heavy atom. The van der Waals surface area contributed by atoms with E-state index in [0.29, 0.717) is 23.8 Å². The molecule has 4 rings (SSSR count). The summed E-state index contributed by atoms with van der Waals surface area (Å²) in [5, 5.41) is 0. The molecule has 1 atom stereocenters. The van der Waals surface area contributed by atoms with Crippen molar-refractivity contribution in [3.63, 3.8) is 0 Å². The number of fused-ring (bicyclic) bond motifs is 1. The molecule has 1 unspecified atom stereocenters. The first kappa shape index (κ1) is 18.1. The van der Waals surface area contributed by atoms with Crippen LogP contribution in [0.25, 0.3) is 5.57 Å². The Bertz CT molecular complexity index is 799. The highest BCUT2D eigenvalue weighted by Crippen LogP contribution is 2.44. The summed E-state index contributed by atoms with van der Waals surface area (Å²) < 4.78 is 10.6. The van der Waals surface area contributed by atoms with Gasteiger partial charge in [0.2, 0.25) is 0 Å². The van der Waals surface area contributed by atoms with Crippen LogP contribution in [0.15, 0.2) is 17.9 Å². The van der Waals surface area contributed by atoms with Gasteiger partial charge in [0.1, 0.15) is 5.76 Å². The van der Waals surface area contributed by atoms with Gasteiger partial charge in [-0.3, -0.25) is 4.79 Å². The molecule has 1 aromatic carbocycles. The number of carbonyl (C=O) groups excluding carboxylic acids is 2. The third kappa shape index (κ3) is 3.24. The molecule has 1 saturated heterocycles. The van der Waals surface area contributed by atoms with E-state index in [2.05, 4.69) is 12.1 Å². The van der Waals surface area contributed by atoms with Crippen LogP contribution in [0.3, 0.4) is 0 Å². The van der Waals surface area contributed by atoms with Crippen LogP contribution in [0.1, 0.15) is 67.2 Å². The minimum absolute atomic E-state index is 0.0237. The first-order valence-corrected chi connectivity index (χ1v) is 10.0. The lowest BCUT2D eigenvalue weighted by Gasteiger charge is -2.30. The molecule has 2 heterocycles. The van der Waals surface area contributed by atoms with Gasteiger partial charge in [0.05, 0.1) is 18.2 Å². The second-order valence-corrected chi connectivity index (χ2v) is 7.84. The molecular formula is C22H27NO4. The molecule has 2 fully saturated rings. The topological polar surface area (TPSA) is 55.8 Å². The number of hydrogen-bond acceptors (Lipinski definition) is 4. The van der Waals surface area contributed by atoms with E-state index in [4.69, 9.17) is 9.47 Å². The van der Waals surface area contributed by atoms with E-state index in [-0.39, 0.29) is 18.6 Å². The van der Waals surface area contributed by atoms with Gasteiger partial charge in [0.15, 0.2) is 0 Å². The second kappa shape index (κ2) is 7.02. The molecule has 0 radical (unpaired) electrons. The van der Waals surface area contributed by atoms with Crippen LogP contribution in [0.4, 0.5) is 4.79 Å². The summed E-state index contributed by atoms with van der Waals surface area (Å²) in [6.45, 7) is 6.80. The van der Waals surface area contributed by atoms with Crippen LogP contribution in [-0.2, 0) is 14.3 Å². The first-order valence-electron chi connectivity index (χ1n) is 10.0. The fraction of sp³-hybridized carbons (Fsp3) is 0.545. The third-order valence-corrected chi connectivity index (χ3v) is 5.84. The lowest BCUT2D eigenvalue weighted by atomic mass is 9.91. The van der Waals surface area contributed by atoms with E-state index < -0.39 is 6.16 Å². The molecule has 144 valence electrons. The average Bonchev–Trinajstić information content (AvgIpc) is 3.44. The lowest BCUT2D eigenvalue weighted by Crippen LogP contribution is -2.40. The first-order chi connectivity index (χ1) is 13.0. The van der Waals surface area contributed by atoms with Crippen molar-refractivity contribution in [2.24, 2.45) is 0 Å². The number of rotatable bonds is 4. The molecule has 27 heavy (non-hydrogen) atoms. The highest BCUT2D eigenvalue weighted by Gasteiger charge is 2.44. The predicted molar refractivity (Wildman–Crippen MR) is 102 cm³/mol. The zero-order valence-corrected chi connectivity index (χ0v) is 16.3. The molecule has 1 amide bonds. The number of aryl methyl sites for hydroxylation is 2. The van der Waals surface area contributed by atoms with Gasteiger partial charge in [-0.2, -0.15) is 0 Å². The zero-order chi connectivity index (χ0) is 19.1. The maximum absolute atomic E-state index is 13.3. The van der Waals surface area contributed by atoms with E-state index in [1.807, 2.05) is 18.7 Å². The normalized spacial score (nSPS) is 22.1. The van der Waals surface area contributed by atoms with Crippen molar-refractivity contribution >= 4 is 17.6 Å². The average molecular weight is 369 g/mol. The zero-order valence-electron chi connectivity index (χ0n) is 16.3. The fourth-order valence-electron chi connectivity index (χ4n) is 4.49. The smallest absolute Gasteiger partial charge is 0.434 e. The van der Waals surface area contributed by atoms with Gasteiger partial charge in [-0.1, -0.05) is 12.1 Å². The quantitative estimate of drug-likeness (QED) is 0.735. The van der Waals surface area contributed by atoms with E-state index >= 15 is 0 Å². The van der Waals surface area contributed by atoms with Gasteiger partial charge < -0.3 is 14.4 Å². The Labute approximate surface area is 160 Å². The summed E-state index contributed by atoms with van der Waals surface area (Å²) in [6.07, 6.45) is 4.59. The minimum atomic E-state index is -0.727. The van der Waals surface area contributed by atoms with Gasteiger partial charge in [0, 0.05) is 6.54 Å². The van der Waals surface area contributed by atoms with E-state index in [1.165, 1.54) is 18.4 Å². The van der Waals surface area contributed by atoms with Crippen molar-refractivity contribution in [2.75, 3.05) is 13.2 Å². The molecule has 5 nitrogen and oxygen atoms in total. The summed E-state index contributed by atoms with van der Waals surface area (Å²) in [5.41, 5.74) is 4.96. The Morgan fingerprint density at radius 3 is 2.48 bits per heavy atom. The molecular weight excluding hydrogens is 342 g/mol. The molecule has 0 aromatic heterocycles. The Morgan fingerprint density at radius 1 is 1.15 bits per heavy atom. The molecule has 1 aliphatic carbocycles. The Balaban J connectivity index is 1.80. The second-order valence-electron chi connectivity index (χ2n) is 7.84. The summed E-state index contributed by atoms with van der Waals surface area (Å²) >= 11 is 0. The van der Waals surface area contributed by atoms with Crippen LogP contribution in [0.2, 0.25) is 0 Å². The summed E-state index contributed by atoms with van der Waals surface area (Å²) in [5.74, 6) is 1.11. The molecule has 5 heteroatoms. The Kier molecular flexibility index (Phi) is 4.70. The van der Waals surface area contributed by atoms with Crippen molar-refractivity contribution in [3.05, 3.63) is 40.1 Å². The summed E-state index contributed by atoms with van der Waals surface area (Å²) in [6, 6.07) is 4.23. The number of hydrogen-bond donors (Lipinski definition) is 0. The SMILES string of the molecule is CCOC(=O)OC1=C(c2c(C)cc(C3CC3)cc2C)C(=O)N2CCCCC12. The van der Waals surface area contributed by atoms with Crippen LogP contribution in [0.5, 0.6) is 0 Å². The number of carbonyl (C=O) groups is 2. The van der Waals surface area contributed by atoms with Crippen molar-refractivity contribution in [1.82, 2.24) is 4.90 Å². The molecule has 1 aromatic rings. The van der Waals surface area contributed by atoms with E-state index in [9.17, 15) is 9.59 Å². The predicted octanol–water partition coefficient (Wildman–Crippen LogP) is 4.46. The molecule has 0 N–H and O–H groups in total. The van der Waals surface area contributed by atoms with Crippen molar-refractivity contribution in [1.29, 1.82) is 0 Å². The number of ether oxygens (including phenoxy) is 2. The molecule has 0 bridgehead atoms. The van der Waals surface area contributed by atoms with E-state index in [1.54, 1.807) is 6.92 Å². The third-order valence-electron chi connectivity index (χ3n) is 5.84. The van der Waals surface area contributed by atoms with Gasteiger partial charge >= 0.3 is 6.16 Å². The standard InChI is InChI=1S/C22H27NO4/c1-4-26-22(25)27-20-17-7-5-6-10-23(17)21(24)19(20)18-13(2)11-16(12-14(18)3)15-8-9-15/h11-12,15,17H,4-10H2,1-3H3. The summed E-state index contributed by atoms with van der Waals surface area (Å²) in [4.78, 5) is 27.2. The maximum atomic E-state index is 13.3. The van der Waals surface area contributed by atoms with Crippen LogP contribution < -0.4 is 0 Å². The highest BCUT2D eigenvalue weighted by molar-refractivity contribution is 6.23. The van der Waals surface area contributed by atoms with Gasteiger partial charge in [-0.25, -0.2) is 4.79 Å². The highest BCUT2D eigenvalue weighted by atomic mass is 16.7. The monoisotopic (exact) mass is 369 g/mol. The number of nitrogens with zero attached hydrogens (tertiary/aromatic N) is 1. The van der Waals surface area contributed by atoms with Gasteiger partial charge in [0.25, 0.3) is 5.91 Å². The lowest BCUT2D eigenvalue weighted by molar-refractivity contribution is -0.126. The van der Waals surface area contributed by atoms with Crippen LogP contribution >= 0.6 is 0 Å². The number of benzene rings is 1. The molecule has 1 saturated carbocycles. The molecule has 0 spiro atoms. The van der Waals surface area contributed by atoms with Crippen molar-refractivity contribution in [2.45, 2.75) is 64.8 Å². The van der Waals surface area contributed by atoms with Crippen LogP contribution in [0, 0.1) is 13.8 Å². The van der Waals surface area contributed by atoms with Gasteiger partial charge in [-0.05, 0) is 81.0 Å². The van der Waals surface area contributed by atoms with Crippen molar-refractivity contribution < 1.29 is 19.1 Å². The number of piperidine rings is 1. The molecule has 2 aliphatic heterocycles. The summed E-state index contributed by atoms with van der Waals surface area (Å²) in [7, 11) is 0. The number of amides is 1. The maximum Gasteiger partial charge on any atom is 0.513 e. The fourth-order valence-corrected chi connectivity index (χ4v) is 4.49. The molecule has 3 aliphatic rings.